The summed E-state index contributed by atoms with van der Waals surface area (Å²) in [5.41, 5.74) is 0.966. The zero-order valence-electron chi connectivity index (χ0n) is 10.6. The third kappa shape index (κ3) is 2.27. The second kappa shape index (κ2) is 4.69. The van der Waals surface area contributed by atoms with E-state index in [0.29, 0.717) is 12.2 Å². The lowest BCUT2D eigenvalue weighted by molar-refractivity contribution is -0.134. The Morgan fingerprint density at radius 3 is 2.84 bits per heavy atom. The fraction of sp³-hybridized carbons (Fsp3) is 0.125. The van der Waals surface area contributed by atoms with Crippen LogP contribution in [0.25, 0.3) is 21.7 Å². The van der Waals surface area contributed by atoms with Crippen molar-refractivity contribution in [3.8, 4) is 5.75 Å². The summed E-state index contributed by atoms with van der Waals surface area (Å²) in [6, 6.07) is 13.7. The molecule has 19 heavy (non-hydrogen) atoms. The van der Waals surface area contributed by atoms with Gasteiger partial charge in [0.25, 0.3) is 0 Å². The average molecular weight is 251 g/mol. The van der Waals surface area contributed by atoms with Crippen molar-refractivity contribution in [2.45, 2.75) is 13.3 Å². The Morgan fingerprint density at radius 2 is 2.00 bits per heavy atom. The highest BCUT2D eigenvalue weighted by Gasteiger charge is 2.04. The number of fused-ring (bicyclic) bond motifs is 2. The molecule has 0 radical (unpaired) electrons. The molecule has 3 aromatic rings. The van der Waals surface area contributed by atoms with Gasteiger partial charge in [-0.05, 0) is 41.1 Å². The summed E-state index contributed by atoms with van der Waals surface area (Å²) in [5.74, 6) is 0.365. The van der Waals surface area contributed by atoms with Gasteiger partial charge in [0, 0.05) is 18.0 Å². The zero-order valence-corrected chi connectivity index (χ0v) is 10.6. The van der Waals surface area contributed by atoms with Gasteiger partial charge in [0.15, 0.2) is 0 Å². The van der Waals surface area contributed by atoms with E-state index in [-0.39, 0.29) is 5.97 Å². The maximum atomic E-state index is 11.3. The molecular formula is C16H13NO2. The van der Waals surface area contributed by atoms with E-state index in [9.17, 15) is 4.79 Å². The van der Waals surface area contributed by atoms with Crippen LogP contribution in [0.15, 0.2) is 48.7 Å². The van der Waals surface area contributed by atoms with E-state index in [1.54, 1.807) is 13.1 Å². The summed E-state index contributed by atoms with van der Waals surface area (Å²) < 4.78 is 5.23. The van der Waals surface area contributed by atoms with Crippen LogP contribution in [0.2, 0.25) is 0 Å². The first-order valence-electron chi connectivity index (χ1n) is 6.25. The van der Waals surface area contributed by atoms with Crippen LogP contribution < -0.4 is 4.74 Å². The van der Waals surface area contributed by atoms with Crippen LogP contribution >= 0.6 is 0 Å². The van der Waals surface area contributed by atoms with Gasteiger partial charge in [0.1, 0.15) is 5.75 Å². The van der Waals surface area contributed by atoms with Crippen LogP contribution in [0.4, 0.5) is 0 Å². The van der Waals surface area contributed by atoms with Gasteiger partial charge in [-0.1, -0.05) is 19.1 Å². The largest absolute Gasteiger partial charge is 0.427 e. The Labute approximate surface area is 110 Å². The van der Waals surface area contributed by atoms with Crippen molar-refractivity contribution >= 4 is 27.6 Å². The van der Waals surface area contributed by atoms with Crippen LogP contribution in [0, 0.1) is 0 Å². The fourth-order valence-electron chi connectivity index (χ4n) is 2.06. The molecule has 1 heterocycles. The molecule has 3 heteroatoms. The summed E-state index contributed by atoms with van der Waals surface area (Å²) in [6.07, 6.45) is 2.16. The van der Waals surface area contributed by atoms with Gasteiger partial charge in [0.2, 0.25) is 0 Å². The van der Waals surface area contributed by atoms with Gasteiger partial charge < -0.3 is 4.74 Å². The highest BCUT2D eigenvalue weighted by Crippen LogP contribution is 2.25. The lowest BCUT2D eigenvalue weighted by Gasteiger charge is -2.05. The lowest BCUT2D eigenvalue weighted by atomic mass is 10.1. The van der Waals surface area contributed by atoms with E-state index in [1.165, 1.54) is 0 Å². The van der Waals surface area contributed by atoms with E-state index < -0.39 is 0 Å². The van der Waals surface area contributed by atoms with Crippen LogP contribution in [0.5, 0.6) is 5.75 Å². The predicted molar refractivity (Wildman–Crippen MR) is 75.2 cm³/mol. The highest BCUT2D eigenvalue weighted by atomic mass is 16.5. The second-order valence-electron chi connectivity index (χ2n) is 4.38. The molecule has 1 aromatic heterocycles. The molecule has 0 N–H and O–H groups in total. The Bertz CT molecular complexity index is 765. The number of carbonyl (C=O) groups is 1. The third-order valence-electron chi connectivity index (χ3n) is 3.05. The molecule has 0 aliphatic carbocycles. The van der Waals surface area contributed by atoms with Crippen LogP contribution in [0.3, 0.4) is 0 Å². The van der Waals surface area contributed by atoms with E-state index in [1.807, 2.05) is 36.4 Å². The van der Waals surface area contributed by atoms with Crippen molar-refractivity contribution in [2.24, 2.45) is 0 Å². The zero-order chi connectivity index (χ0) is 13.2. The van der Waals surface area contributed by atoms with Gasteiger partial charge in [0.05, 0.1) is 5.52 Å². The summed E-state index contributed by atoms with van der Waals surface area (Å²) >= 11 is 0. The molecular weight excluding hydrogens is 238 g/mol. The molecule has 0 saturated heterocycles. The molecule has 0 amide bonds. The van der Waals surface area contributed by atoms with Crippen molar-refractivity contribution in [3.63, 3.8) is 0 Å². The topological polar surface area (TPSA) is 39.2 Å². The molecule has 0 aliphatic heterocycles. The number of aromatic nitrogens is 1. The van der Waals surface area contributed by atoms with Crippen LogP contribution in [-0.4, -0.2) is 11.0 Å². The highest BCUT2D eigenvalue weighted by molar-refractivity contribution is 5.97. The Hall–Kier alpha value is -2.42. The summed E-state index contributed by atoms with van der Waals surface area (Å²) in [7, 11) is 0. The molecule has 0 spiro atoms. The van der Waals surface area contributed by atoms with Crippen molar-refractivity contribution in [3.05, 3.63) is 48.7 Å². The third-order valence-corrected chi connectivity index (χ3v) is 3.05. The van der Waals surface area contributed by atoms with E-state index in [0.717, 1.165) is 21.7 Å². The maximum absolute atomic E-state index is 11.3. The summed E-state index contributed by atoms with van der Waals surface area (Å²) in [6.45, 7) is 1.78. The number of hydrogen-bond acceptors (Lipinski definition) is 3. The Balaban J connectivity index is 2.11. The summed E-state index contributed by atoms with van der Waals surface area (Å²) in [4.78, 5) is 15.6. The van der Waals surface area contributed by atoms with Gasteiger partial charge in [-0.3, -0.25) is 9.78 Å². The normalized spacial score (nSPS) is 10.8. The molecule has 94 valence electrons. The first kappa shape index (κ1) is 11.7. The number of benzene rings is 2. The molecule has 0 unspecified atom stereocenters. The molecule has 3 rings (SSSR count). The number of hydrogen-bond donors (Lipinski definition) is 0. The van der Waals surface area contributed by atoms with Crippen LogP contribution in [0.1, 0.15) is 13.3 Å². The predicted octanol–water partition coefficient (Wildman–Crippen LogP) is 3.70. The van der Waals surface area contributed by atoms with Crippen LogP contribution in [-0.2, 0) is 4.79 Å². The number of ether oxygens (including phenoxy) is 1. The molecule has 3 nitrogen and oxygen atoms in total. The van der Waals surface area contributed by atoms with Gasteiger partial charge in [-0.15, -0.1) is 0 Å². The molecule has 0 saturated carbocycles. The Morgan fingerprint density at radius 1 is 1.11 bits per heavy atom. The molecule has 2 aromatic carbocycles. The minimum absolute atomic E-state index is 0.221. The minimum Gasteiger partial charge on any atom is -0.427 e. The lowest BCUT2D eigenvalue weighted by Crippen LogP contribution is -2.05. The SMILES string of the molecule is CCC(=O)Oc1ccc2cc3ncccc3cc2c1. The molecule has 0 aliphatic rings. The van der Waals surface area contributed by atoms with Crippen molar-refractivity contribution < 1.29 is 9.53 Å². The van der Waals surface area contributed by atoms with Crippen molar-refractivity contribution in [1.29, 1.82) is 0 Å². The fourth-order valence-corrected chi connectivity index (χ4v) is 2.06. The smallest absolute Gasteiger partial charge is 0.310 e. The molecule has 0 bridgehead atoms. The molecule has 0 atom stereocenters. The Kier molecular flexibility index (Phi) is 2.88. The quantitative estimate of drug-likeness (QED) is 0.396. The van der Waals surface area contributed by atoms with E-state index >= 15 is 0 Å². The van der Waals surface area contributed by atoms with E-state index in [2.05, 4.69) is 11.1 Å². The number of rotatable bonds is 2. The number of carbonyl (C=O) groups excluding carboxylic acids is 1. The van der Waals surface area contributed by atoms with Crippen molar-refractivity contribution in [2.75, 3.05) is 0 Å². The minimum atomic E-state index is -0.221. The average Bonchev–Trinajstić information content (AvgIpc) is 2.45. The maximum Gasteiger partial charge on any atom is 0.310 e. The number of esters is 1. The molecule has 0 fully saturated rings. The van der Waals surface area contributed by atoms with Gasteiger partial charge in [-0.2, -0.15) is 0 Å². The second-order valence-corrected chi connectivity index (χ2v) is 4.38. The summed E-state index contributed by atoms with van der Waals surface area (Å²) in [5, 5.41) is 3.21. The van der Waals surface area contributed by atoms with Gasteiger partial charge in [-0.25, -0.2) is 0 Å². The van der Waals surface area contributed by atoms with Crippen molar-refractivity contribution in [1.82, 2.24) is 4.98 Å². The number of nitrogens with zero attached hydrogens (tertiary/aromatic N) is 1. The first-order chi connectivity index (χ1) is 9.26. The van der Waals surface area contributed by atoms with Gasteiger partial charge >= 0.3 is 5.97 Å². The number of pyridine rings is 1. The monoisotopic (exact) mass is 251 g/mol. The van der Waals surface area contributed by atoms with E-state index in [4.69, 9.17) is 4.74 Å². The standard InChI is InChI=1S/C16H13NO2/c1-2-16(18)19-14-6-5-11-10-15-12(4-3-7-17-15)8-13(11)9-14/h3-10H,2H2,1H3. The first-order valence-corrected chi connectivity index (χ1v) is 6.25.